The summed E-state index contributed by atoms with van der Waals surface area (Å²) in [6.45, 7) is 6.22. The lowest BCUT2D eigenvalue weighted by molar-refractivity contribution is -0.124. The number of hydrogen-bond acceptors (Lipinski definition) is 8. The van der Waals surface area contributed by atoms with Crippen LogP contribution >= 0.6 is 23.1 Å². The van der Waals surface area contributed by atoms with Gasteiger partial charge in [-0.3, -0.25) is 20.1 Å². The predicted octanol–water partition coefficient (Wildman–Crippen LogP) is 4.49. The molecule has 0 aliphatic rings. The molecule has 0 unspecified atom stereocenters. The molecule has 0 fully saturated rings. The van der Waals surface area contributed by atoms with Gasteiger partial charge in [-0.05, 0) is 23.8 Å². The first kappa shape index (κ1) is 22.7. The van der Waals surface area contributed by atoms with Gasteiger partial charge in [-0.1, -0.05) is 44.2 Å². The molecule has 0 atom stereocenters. The lowest BCUT2D eigenvalue weighted by atomic mass is 9.94. The van der Waals surface area contributed by atoms with Crippen molar-refractivity contribution in [3.63, 3.8) is 0 Å². The summed E-state index contributed by atoms with van der Waals surface area (Å²) in [5.74, 6) is 1.17. The van der Waals surface area contributed by atoms with Crippen LogP contribution in [0.1, 0.15) is 48.3 Å². The first-order valence-corrected chi connectivity index (χ1v) is 11.1. The third kappa shape index (κ3) is 6.51. The average molecular weight is 459 g/mol. The van der Waals surface area contributed by atoms with Crippen LogP contribution in [-0.2, 0) is 16.0 Å². The van der Waals surface area contributed by atoms with Crippen LogP contribution in [0.4, 0.5) is 5.13 Å². The van der Waals surface area contributed by atoms with E-state index in [1.54, 1.807) is 48.4 Å². The summed E-state index contributed by atoms with van der Waals surface area (Å²) < 4.78 is 6.73. The van der Waals surface area contributed by atoms with E-state index < -0.39 is 5.91 Å². The Morgan fingerprint density at radius 3 is 2.58 bits per heavy atom. The van der Waals surface area contributed by atoms with Crippen molar-refractivity contribution in [1.29, 1.82) is 0 Å². The monoisotopic (exact) mass is 458 g/mol. The van der Waals surface area contributed by atoms with Gasteiger partial charge in [0, 0.05) is 17.1 Å². The molecule has 0 radical (unpaired) electrons. The average Bonchev–Trinajstić information content (AvgIpc) is 3.40. The highest BCUT2D eigenvalue weighted by Gasteiger charge is 2.19. The van der Waals surface area contributed by atoms with E-state index in [-0.39, 0.29) is 11.3 Å². The highest BCUT2D eigenvalue weighted by Crippen LogP contribution is 2.32. The van der Waals surface area contributed by atoms with E-state index in [2.05, 4.69) is 36.1 Å². The molecule has 0 bridgehead atoms. The molecule has 3 N–H and O–H groups in total. The van der Waals surface area contributed by atoms with Crippen LogP contribution in [0.5, 0.6) is 0 Å². The van der Waals surface area contributed by atoms with Gasteiger partial charge in [-0.15, -0.1) is 11.8 Å². The number of rotatable bonds is 7. The zero-order chi connectivity index (χ0) is 22.4. The van der Waals surface area contributed by atoms with Crippen LogP contribution in [0.3, 0.4) is 0 Å². The SMILES string of the molecule is CC(C)(C)c1cnc(CSc2cnc(NC(=O)c3ccc(C=CC(=O)NO)cc3)s2)o1. The van der Waals surface area contributed by atoms with Gasteiger partial charge in [0.1, 0.15) is 5.76 Å². The fourth-order valence-electron chi connectivity index (χ4n) is 2.36. The zero-order valence-corrected chi connectivity index (χ0v) is 18.8. The van der Waals surface area contributed by atoms with Crippen molar-refractivity contribution >= 4 is 46.1 Å². The Morgan fingerprint density at radius 1 is 1.19 bits per heavy atom. The van der Waals surface area contributed by atoms with Gasteiger partial charge >= 0.3 is 0 Å². The summed E-state index contributed by atoms with van der Waals surface area (Å²) in [4.78, 5) is 32.0. The van der Waals surface area contributed by atoms with Gasteiger partial charge in [-0.2, -0.15) is 0 Å². The number of thiazole rings is 1. The number of aromatic nitrogens is 2. The van der Waals surface area contributed by atoms with Crippen LogP contribution in [0, 0.1) is 0 Å². The molecule has 3 aromatic rings. The van der Waals surface area contributed by atoms with Crippen molar-refractivity contribution in [3.8, 4) is 0 Å². The number of nitrogens with one attached hydrogen (secondary N) is 2. The molecule has 2 amide bonds. The van der Waals surface area contributed by atoms with Crippen molar-refractivity contribution in [2.24, 2.45) is 0 Å². The van der Waals surface area contributed by atoms with E-state index >= 15 is 0 Å². The van der Waals surface area contributed by atoms with Crippen molar-refractivity contribution < 1.29 is 19.2 Å². The van der Waals surface area contributed by atoms with Gasteiger partial charge in [0.05, 0.1) is 22.4 Å². The number of anilines is 1. The number of amides is 2. The molecule has 8 nitrogen and oxygen atoms in total. The number of nitrogens with zero attached hydrogens (tertiary/aromatic N) is 2. The predicted molar refractivity (Wildman–Crippen MR) is 120 cm³/mol. The molecular formula is C21H22N4O4S2. The second-order valence-electron chi connectivity index (χ2n) is 7.53. The van der Waals surface area contributed by atoms with Crippen LogP contribution < -0.4 is 10.8 Å². The molecule has 0 spiro atoms. The number of hydrogen-bond donors (Lipinski definition) is 3. The number of carbonyl (C=O) groups excluding carboxylic acids is 2. The molecule has 10 heteroatoms. The van der Waals surface area contributed by atoms with E-state index in [9.17, 15) is 9.59 Å². The second kappa shape index (κ2) is 9.90. The smallest absolute Gasteiger partial charge is 0.267 e. The van der Waals surface area contributed by atoms with Gasteiger partial charge < -0.3 is 4.42 Å². The largest absolute Gasteiger partial charge is 0.444 e. The Labute approximate surface area is 187 Å². The Hall–Kier alpha value is -2.95. The Kier molecular flexibility index (Phi) is 7.26. The molecule has 0 aliphatic heterocycles. The van der Waals surface area contributed by atoms with Crippen LogP contribution in [0.15, 0.2) is 51.4 Å². The Balaban J connectivity index is 1.54. The Morgan fingerprint density at radius 2 is 1.94 bits per heavy atom. The highest BCUT2D eigenvalue weighted by atomic mass is 32.2. The molecule has 31 heavy (non-hydrogen) atoms. The fraction of sp³-hybridized carbons (Fsp3) is 0.238. The third-order valence-electron chi connectivity index (χ3n) is 4.05. The molecule has 162 valence electrons. The summed E-state index contributed by atoms with van der Waals surface area (Å²) in [5, 5.41) is 11.8. The van der Waals surface area contributed by atoms with E-state index in [1.807, 2.05) is 0 Å². The van der Waals surface area contributed by atoms with Gasteiger partial charge in [0.25, 0.3) is 11.8 Å². The van der Waals surface area contributed by atoms with Gasteiger partial charge in [0.2, 0.25) is 5.89 Å². The molecule has 0 aliphatic carbocycles. The van der Waals surface area contributed by atoms with Crippen molar-refractivity contribution in [1.82, 2.24) is 15.4 Å². The maximum absolute atomic E-state index is 12.4. The van der Waals surface area contributed by atoms with Crippen molar-refractivity contribution in [3.05, 3.63) is 65.5 Å². The summed E-state index contributed by atoms with van der Waals surface area (Å²) in [7, 11) is 0. The number of oxazole rings is 1. The van der Waals surface area contributed by atoms with E-state index in [1.165, 1.54) is 29.0 Å². The molecule has 2 aromatic heterocycles. The topological polar surface area (TPSA) is 117 Å². The normalized spacial score (nSPS) is 11.6. The quantitative estimate of drug-likeness (QED) is 0.207. The van der Waals surface area contributed by atoms with Crippen molar-refractivity contribution in [2.45, 2.75) is 36.1 Å². The first-order valence-electron chi connectivity index (χ1n) is 9.32. The third-order valence-corrected chi connectivity index (χ3v) is 6.14. The number of hydroxylamine groups is 1. The molecule has 0 saturated carbocycles. The number of thioether (sulfide) groups is 1. The molecule has 1 aromatic carbocycles. The van der Waals surface area contributed by atoms with E-state index in [4.69, 9.17) is 9.62 Å². The Bertz CT molecular complexity index is 1080. The maximum Gasteiger partial charge on any atom is 0.267 e. The summed E-state index contributed by atoms with van der Waals surface area (Å²) >= 11 is 2.92. The number of carbonyl (C=O) groups is 2. The molecular weight excluding hydrogens is 436 g/mol. The molecule has 3 rings (SSSR count). The highest BCUT2D eigenvalue weighted by molar-refractivity contribution is 8.00. The number of benzene rings is 1. The summed E-state index contributed by atoms with van der Waals surface area (Å²) in [6, 6.07) is 6.68. The minimum absolute atomic E-state index is 0.0829. The lowest BCUT2D eigenvalue weighted by Gasteiger charge is -2.12. The summed E-state index contributed by atoms with van der Waals surface area (Å²) in [6.07, 6.45) is 6.18. The minimum atomic E-state index is -0.628. The van der Waals surface area contributed by atoms with Crippen LogP contribution in [0.25, 0.3) is 6.08 Å². The van der Waals surface area contributed by atoms with Crippen molar-refractivity contribution in [2.75, 3.05) is 5.32 Å². The molecule has 0 saturated heterocycles. The van der Waals surface area contributed by atoms with Crippen LogP contribution in [-0.4, -0.2) is 27.0 Å². The van der Waals surface area contributed by atoms with Crippen LogP contribution in [0.2, 0.25) is 0 Å². The molecule has 2 heterocycles. The van der Waals surface area contributed by atoms with Gasteiger partial charge in [0.15, 0.2) is 5.13 Å². The minimum Gasteiger partial charge on any atom is -0.444 e. The maximum atomic E-state index is 12.4. The fourth-order valence-corrected chi connectivity index (χ4v) is 4.09. The van der Waals surface area contributed by atoms with Gasteiger partial charge in [-0.25, -0.2) is 15.4 Å². The zero-order valence-electron chi connectivity index (χ0n) is 17.2. The standard InChI is InChI=1S/C21H22N4O4S2/c1-21(2,3)15-10-22-17(29-15)12-30-18-11-23-20(31-18)24-19(27)14-7-4-13(5-8-14)6-9-16(26)25-28/h4-11,28H,12H2,1-3H3,(H,25,26)(H,23,24,27). The first-order chi connectivity index (χ1) is 14.7. The summed E-state index contributed by atoms with van der Waals surface area (Å²) in [5.41, 5.74) is 2.61. The van der Waals surface area contributed by atoms with E-state index in [0.29, 0.717) is 27.9 Å². The van der Waals surface area contributed by atoms with E-state index in [0.717, 1.165) is 9.97 Å². The lowest BCUT2D eigenvalue weighted by Crippen LogP contribution is -2.14. The second-order valence-corrected chi connectivity index (χ2v) is 9.83.